The number of alkyl halides is 3. The van der Waals surface area contributed by atoms with Crippen LogP contribution in [0.15, 0.2) is 60.7 Å². The highest BCUT2D eigenvalue weighted by molar-refractivity contribution is 5.89. The summed E-state index contributed by atoms with van der Waals surface area (Å²) in [6.07, 6.45) is -9.52. The largest absolute Gasteiger partial charge is 0.446 e. The summed E-state index contributed by atoms with van der Waals surface area (Å²) in [6, 6.07) is 14.6. The molecule has 6 heteroatoms. The Morgan fingerprint density at radius 3 is 1.95 bits per heavy atom. The lowest BCUT2D eigenvalue weighted by Crippen LogP contribution is -2.39. The average molecular weight is 310 g/mol. The van der Waals surface area contributed by atoms with Crippen molar-refractivity contribution < 1.29 is 27.8 Å². The second-order valence-corrected chi connectivity index (χ2v) is 4.59. The molecule has 0 unspecified atom stereocenters. The van der Waals surface area contributed by atoms with E-state index in [-0.39, 0.29) is 11.1 Å². The van der Waals surface area contributed by atoms with Gasteiger partial charge < -0.3 is 9.84 Å². The predicted octanol–water partition coefficient (Wildman–Crippen LogP) is 3.51. The molecule has 0 aliphatic heterocycles. The molecule has 3 nitrogen and oxygen atoms in total. The van der Waals surface area contributed by atoms with Gasteiger partial charge in [0, 0.05) is 0 Å². The van der Waals surface area contributed by atoms with E-state index in [1.807, 2.05) is 0 Å². The van der Waals surface area contributed by atoms with Gasteiger partial charge in [-0.1, -0.05) is 48.5 Å². The van der Waals surface area contributed by atoms with Gasteiger partial charge in [-0.3, -0.25) is 0 Å². The summed E-state index contributed by atoms with van der Waals surface area (Å²) in [5.74, 6) is -1.14. The monoisotopic (exact) mass is 310 g/mol. The Bertz CT molecular complexity index is 612. The molecule has 0 fully saturated rings. The van der Waals surface area contributed by atoms with Crippen LogP contribution in [0.1, 0.15) is 22.0 Å². The highest BCUT2D eigenvalue weighted by Gasteiger charge is 2.48. The van der Waals surface area contributed by atoms with Gasteiger partial charge in [-0.25, -0.2) is 4.79 Å². The van der Waals surface area contributed by atoms with Gasteiger partial charge in [-0.2, -0.15) is 13.2 Å². The second-order valence-electron chi connectivity index (χ2n) is 4.59. The number of esters is 1. The Morgan fingerprint density at radius 2 is 1.45 bits per heavy atom. The number of carbonyl (C=O) groups excluding carboxylic acids is 1. The third-order valence-electron chi connectivity index (χ3n) is 2.99. The lowest BCUT2D eigenvalue weighted by Gasteiger charge is -2.25. The summed E-state index contributed by atoms with van der Waals surface area (Å²) >= 11 is 0. The van der Waals surface area contributed by atoms with Crippen molar-refractivity contribution in [2.45, 2.75) is 18.4 Å². The van der Waals surface area contributed by atoms with Crippen LogP contribution in [0.3, 0.4) is 0 Å². The van der Waals surface area contributed by atoms with Gasteiger partial charge in [-0.15, -0.1) is 0 Å². The summed E-state index contributed by atoms with van der Waals surface area (Å²) in [5.41, 5.74) is 0.00250. The number of rotatable bonds is 4. The zero-order valence-electron chi connectivity index (χ0n) is 11.3. The minimum Gasteiger partial charge on any atom is -0.446 e. The molecule has 2 aromatic carbocycles. The number of hydrogen-bond donors (Lipinski definition) is 1. The highest BCUT2D eigenvalue weighted by Crippen LogP contribution is 2.33. The molecule has 0 saturated heterocycles. The van der Waals surface area contributed by atoms with Gasteiger partial charge in [0.25, 0.3) is 0 Å². The molecule has 0 saturated carbocycles. The normalized spacial score (nSPS) is 14.2. The minimum atomic E-state index is -4.89. The molecule has 0 aromatic heterocycles. The molecule has 2 aromatic rings. The predicted molar refractivity (Wildman–Crippen MR) is 73.1 cm³/mol. The van der Waals surface area contributed by atoms with Crippen LogP contribution in [0.2, 0.25) is 0 Å². The van der Waals surface area contributed by atoms with E-state index in [1.165, 1.54) is 48.5 Å². The average Bonchev–Trinajstić information content (AvgIpc) is 2.52. The molecule has 0 aliphatic rings. The van der Waals surface area contributed by atoms with E-state index in [9.17, 15) is 23.1 Å². The quantitative estimate of drug-likeness (QED) is 0.879. The third kappa shape index (κ3) is 3.85. The fourth-order valence-corrected chi connectivity index (χ4v) is 1.89. The Balaban J connectivity index is 2.23. The number of halogens is 3. The van der Waals surface area contributed by atoms with Gasteiger partial charge in [0.05, 0.1) is 5.56 Å². The van der Waals surface area contributed by atoms with E-state index in [1.54, 1.807) is 12.1 Å². The maximum absolute atomic E-state index is 13.1. The van der Waals surface area contributed by atoms with E-state index < -0.39 is 24.4 Å². The van der Waals surface area contributed by atoms with E-state index in [0.717, 1.165) is 0 Å². The zero-order valence-corrected chi connectivity index (χ0v) is 11.3. The van der Waals surface area contributed by atoms with Gasteiger partial charge in [0.15, 0.2) is 0 Å². The fraction of sp³-hybridized carbons (Fsp3) is 0.188. The van der Waals surface area contributed by atoms with Crippen LogP contribution in [0.5, 0.6) is 0 Å². The maximum atomic E-state index is 13.1. The van der Waals surface area contributed by atoms with Gasteiger partial charge in [0.1, 0.15) is 6.10 Å². The number of aliphatic hydroxyl groups excluding tert-OH is 1. The molecular formula is C16H13F3O3. The van der Waals surface area contributed by atoms with E-state index in [2.05, 4.69) is 4.74 Å². The third-order valence-corrected chi connectivity index (χ3v) is 2.99. The fourth-order valence-electron chi connectivity index (χ4n) is 1.89. The molecular weight excluding hydrogens is 297 g/mol. The Labute approximate surface area is 125 Å². The van der Waals surface area contributed by atoms with Crippen LogP contribution >= 0.6 is 0 Å². The molecule has 2 rings (SSSR count). The maximum Gasteiger partial charge on any atom is 0.428 e. The van der Waals surface area contributed by atoms with Gasteiger partial charge in [0.2, 0.25) is 6.10 Å². The van der Waals surface area contributed by atoms with Gasteiger partial charge in [-0.05, 0) is 17.7 Å². The first-order valence-electron chi connectivity index (χ1n) is 6.45. The zero-order chi connectivity index (χ0) is 16.2. The van der Waals surface area contributed by atoms with Crippen molar-refractivity contribution in [1.82, 2.24) is 0 Å². The molecule has 0 bridgehead atoms. The Kier molecular flexibility index (Phi) is 4.82. The van der Waals surface area contributed by atoms with Crippen LogP contribution < -0.4 is 0 Å². The number of ether oxygens (including phenoxy) is 1. The van der Waals surface area contributed by atoms with Crippen LogP contribution in [-0.2, 0) is 4.74 Å². The minimum absolute atomic E-state index is 0.0167. The van der Waals surface area contributed by atoms with Gasteiger partial charge >= 0.3 is 12.1 Å². The molecule has 0 aliphatic carbocycles. The summed E-state index contributed by atoms with van der Waals surface area (Å²) < 4.78 is 43.8. The van der Waals surface area contributed by atoms with Crippen molar-refractivity contribution >= 4 is 5.97 Å². The SMILES string of the molecule is O=C(O[C@@H]([C@H](O)c1ccccc1)C(F)(F)F)c1ccccc1. The first-order valence-corrected chi connectivity index (χ1v) is 6.45. The first kappa shape index (κ1) is 16.0. The summed E-state index contributed by atoms with van der Waals surface area (Å²) in [7, 11) is 0. The van der Waals surface area contributed by atoms with Crippen molar-refractivity contribution in [2.75, 3.05) is 0 Å². The number of benzene rings is 2. The summed E-state index contributed by atoms with van der Waals surface area (Å²) in [6.45, 7) is 0. The Morgan fingerprint density at radius 1 is 0.955 bits per heavy atom. The molecule has 0 heterocycles. The summed E-state index contributed by atoms with van der Waals surface area (Å²) in [5, 5.41) is 9.91. The van der Waals surface area contributed by atoms with Crippen molar-refractivity contribution in [2.24, 2.45) is 0 Å². The smallest absolute Gasteiger partial charge is 0.428 e. The molecule has 116 valence electrons. The standard InChI is InChI=1S/C16H13F3O3/c17-16(18,19)14(13(20)11-7-3-1-4-8-11)22-15(21)12-9-5-2-6-10-12/h1-10,13-14,20H/t13-,14+/m1/s1. The topological polar surface area (TPSA) is 46.5 Å². The van der Waals surface area contributed by atoms with Crippen LogP contribution in [0, 0.1) is 0 Å². The van der Waals surface area contributed by atoms with Crippen molar-refractivity contribution in [1.29, 1.82) is 0 Å². The summed E-state index contributed by atoms with van der Waals surface area (Å²) in [4.78, 5) is 11.8. The lowest BCUT2D eigenvalue weighted by molar-refractivity contribution is -0.231. The number of carbonyl (C=O) groups is 1. The van der Waals surface area contributed by atoms with Crippen molar-refractivity contribution in [3.63, 3.8) is 0 Å². The van der Waals surface area contributed by atoms with E-state index in [0.29, 0.717) is 0 Å². The van der Waals surface area contributed by atoms with E-state index >= 15 is 0 Å². The number of hydrogen-bond acceptors (Lipinski definition) is 3. The molecule has 2 atom stereocenters. The lowest BCUT2D eigenvalue weighted by atomic mass is 10.0. The van der Waals surface area contributed by atoms with Crippen molar-refractivity contribution in [3.05, 3.63) is 71.8 Å². The Hall–Kier alpha value is -2.34. The molecule has 22 heavy (non-hydrogen) atoms. The highest BCUT2D eigenvalue weighted by atomic mass is 19.4. The van der Waals surface area contributed by atoms with Crippen LogP contribution in [0.4, 0.5) is 13.2 Å². The molecule has 0 radical (unpaired) electrons. The van der Waals surface area contributed by atoms with Crippen LogP contribution in [-0.4, -0.2) is 23.4 Å². The van der Waals surface area contributed by atoms with Crippen LogP contribution in [0.25, 0.3) is 0 Å². The first-order chi connectivity index (χ1) is 10.4. The molecule has 0 amide bonds. The second kappa shape index (κ2) is 6.62. The molecule has 1 N–H and O–H groups in total. The van der Waals surface area contributed by atoms with E-state index in [4.69, 9.17) is 0 Å². The number of aliphatic hydroxyl groups is 1. The molecule has 0 spiro atoms. The van der Waals surface area contributed by atoms with Crippen molar-refractivity contribution in [3.8, 4) is 0 Å².